The summed E-state index contributed by atoms with van der Waals surface area (Å²) in [5, 5.41) is 11.7. The summed E-state index contributed by atoms with van der Waals surface area (Å²) in [7, 11) is 0. The van der Waals surface area contributed by atoms with Gasteiger partial charge >= 0.3 is 0 Å². The van der Waals surface area contributed by atoms with Crippen molar-refractivity contribution in [2.75, 3.05) is 23.3 Å². The van der Waals surface area contributed by atoms with Crippen LogP contribution in [0, 0.1) is 0 Å². The first-order valence-corrected chi connectivity index (χ1v) is 6.33. The summed E-state index contributed by atoms with van der Waals surface area (Å²) in [6, 6.07) is 2.09. The van der Waals surface area contributed by atoms with E-state index >= 15 is 0 Å². The van der Waals surface area contributed by atoms with Gasteiger partial charge in [-0.1, -0.05) is 18.5 Å². The predicted octanol–water partition coefficient (Wildman–Crippen LogP) is 1.24. The molecule has 92 valence electrons. The molecule has 1 saturated heterocycles. The van der Waals surface area contributed by atoms with Crippen LogP contribution in [0.1, 0.15) is 19.8 Å². The SMILES string of the molecule is CC[C@@]12CNc3nnc(Cl)cc3N1C[C@H](N)C2. The van der Waals surface area contributed by atoms with Crippen LogP contribution in [0.25, 0.3) is 0 Å². The molecule has 5 nitrogen and oxygen atoms in total. The summed E-state index contributed by atoms with van der Waals surface area (Å²) < 4.78 is 0. The van der Waals surface area contributed by atoms with Crippen molar-refractivity contribution in [1.29, 1.82) is 0 Å². The first-order valence-electron chi connectivity index (χ1n) is 5.95. The summed E-state index contributed by atoms with van der Waals surface area (Å²) in [5.41, 5.74) is 7.26. The van der Waals surface area contributed by atoms with Gasteiger partial charge in [-0.2, -0.15) is 0 Å². The number of fused-ring (bicyclic) bond motifs is 3. The number of rotatable bonds is 1. The molecule has 0 radical (unpaired) electrons. The van der Waals surface area contributed by atoms with Crippen molar-refractivity contribution in [2.45, 2.75) is 31.3 Å². The van der Waals surface area contributed by atoms with Crippen LogP contribution in [0.4, 0.5) is 11.5 Å². The molecule has 2 aliphatic heterocycles. The fourth-order valence-electron chi connectivity index (χ4n) is 3.01. The molecule has 0 aliphatic carbocycles. The fourth-order valence-corrected chi connectivity index (χ4v) is 3.15. The second-order valence-corrected chi connectivity index (χ2v) is 5.29. The lowest BCUT2D eigenvalue weighted by Gasteiger charge is -2.43. The summed E-state index contributed by atoms with van der Waals surface area (Å²) in [6.07, 6.45) is 2.07. The minimum absolute atomic E-state index is 0.110. The van der Waals surface area contributed by atoms with Crippen molar-refractivity contribution < 1.29 is 0 Å². The third-order valence-corrected chi connectivity index (χ3v) is 4.09. The van der Waals surface area contributed by atoms with Gasteiger partial charge in [-0.15, -0.1) is 10.2 Å². The molecule has 0 bridgehead atoms. The zero-order valence-corrected chi connectivity index (χ0v) is 10.5. The molecule has 3 N–H and O–H groups in total. The van der Waals surface area contributed by atoms with E-state index in [4.69, 9.17) is 17.3 Å². The molecule has 17 heavy (non-hydrogen) atoms. The average Bonchev–Trinajstić information content (AvgIpc) is 2.66. The van der Waals surface area contributed by atoms with Crippen LogP contribution in [0.5, 0.6) is 0 Å². The molecule has 2 atom stereocenters. The van der Waals surface area contributed by atoms with E-state index in [1.54, 1.807) is 0 Å². The molecule has 2 aliphatic rings. The molecule has 3 heterocycles. The lowest BCUT2D eigenvalue weighted by Crippen LogP contribution is -2.52. The number of nitrogens with zero attached hydrogens (tertiary/aromatic N) is 3. The van der Waals surface area contributed by atoms with Crippen LogP contribution in [0.3, 0.4) is 0 Å². The van der Waals surface area contributed by atoms with Crippen molar-refractivity contribution in [3.8, 4) is 0 Å². The first kappa shape index (κ1) is 11.0. The fraction of sp³-hybridized carbons (Fsp3) is 0.636. The molecule has 0 saturated carbocycles. The smallest absolute Gasteiger partial charge is 0.172 e. The van der Waals surface area contributed by atoms with Gasteiger partial charge in [-0.25, -0.2) is 0 Å². The minimum Gasteiger partial charge on any atom is -0.364 e. The van der Waals surface area contributed by atoms with Gasteiger partial charge in [0.05, 0.1) is 11.2 Å². The van der Waals surface area contributed by atoms with E-state index in [1.807, 2.05) is 6.07 Å². The highest BCUT2D eigenvalue weighted by Gasteiger charge is 2.46. The molecule has 1 aromatic heterocycles. The molecule has 1 fully saturated rings. The molecular formula is C11H16ClN5. The number of nitrogens with one attached hydrogen (secondary N) is 1. The van der Waals surface area contributed by atoms with E-state index in [0.717, 1.165) is 37.4 Å². The average molecular weight is 254 g/mol. The lowest BCUT2D eigenvalue weighted by molar-refractivity contribution is 0.416. The van der Waals surface area contributed by atoms with Crippen molar-refractivity contribution in [1.82, 2.24) is 10.2 Å². The summed E-state index contributed by atoms with van der Waals surface area (Å²) in [6.45, 7) is 3.94. The molecule has 0 amide bonds. The van der Waals surface area contributed by atoms with Crippen LogP contribution >= 0.6 is 11.6 Å². The highest BCUT2D eigenvalue weighted by atomic mass is 35.5. The van der Waals surface area contributed by atoms with Crippen molar-refractivity contribution >= 4 is 23.1 Å². The Labute approximate surface area is 105 Å². The van der Waals surface area contributed by atoms with E-state index in [9.17, 15) is 0 Å². The number of halogens is 1. The topological polar surface area (TPSA) is 67.1 Å². The molecule has 3 rings (SSSR count). The van der Waals surface area contributed by atoms with E-state index in [-0.39, 0.29) is 11.6 Å². The molecule has 6 heteroatoms. The summed E-state index contributed by atoms with van der Waals surface area (Å²) in [5.74, 6) is 0.813. The van der Waals surface area contributed by atoms with Gasteiger partial charge in [0.2, 0.25) is 0 Å². The normalized spacial score (nSPS) is 30.8. The number of nitrogens with two attached hydrogens (primary N) is 1. The van der Waals surface area contributed by atoms with Crippen LogP contribution in [0.15, 0.2) is 6.07 Å². The van der Waals surface area contributed by atoms with Crippen LogP contribution in [0.2, 0.25) is 5.15 Å². The van der Waals surface area contributed by atoms with Crippen LogP contribution < -0.4 is 16.0 Å². The second-order valence-electron chi connectivity index (χ2n) is 4.91. The van der Waals surface area contributed by atoms with Gasteiger partial charge in [0.1, 0.15) is 0 Å². The Kier molecular flexibility index (Phi) is 2.41. The lowest BCUT2D eigenvalue weighted by atomic mass is 9.90. The molecular weight excluding hydrogens is 238 g/mol. The number of aromatic nitrogens is 2. The quantitative estimate of drug-likeness (QED) is 0.788. The van der Waals surface area contributed by atoms with Gasteiger partial charge < -0.3 is 16.0 Å². The Morgan fingerprint density at radius 2 is 2.47 bits per heavy atom. The maximum absolute atomic E-state index is 6.11. The Hall–Kier alpha value is -1.07. The molecule has 0 unspecified atom stereocenters. The molecule has 0 spiro atoms. The Balaban J connectivity index is 2.08. The third-order valence-electron chi connectivity index (χ3n) is 3.91. The van der Waals surface area contributed by atoms with Crippen LogP contribution in [-0.4, -0.2) is 34.9 Å². The number of anilines is 2. The van der Waals surface area contributed by atoms with E-state index < -0.39 is 0 Å². The van der Waals surface area contributed by atoms with Gasteiger partial charge in [0.15, 0.2) is 11.0 Å². The van der Waals surface area contributed by atoms with Crippen molar-refractivity contribution in [2.24, 2.45) is 5.73 Å². The molecule has 0 aromatic carbocycles. The maximum Gasteiger partial charge on any atom is 0.172 e. The van der Waals surface area contributed by atoms with Crippen molar-refractivity contribution in [3.63, 3.8) is 0 Å². The maximum atomic E-state index is 6.11. The van der Waals surface area contributed by atoms with Gasteiger partial charge in [-0.05, 0) is 12.8 Å². The minimum atomic E-state index is 0.110. The molecule has 1 aromatic rings. The summed E-state index contributed by atoms with van der Waals surface area (Å²) in [4.78, 5) is 2.35. The van der Waals surface area contributed by atoms with Crippen LogP contribution in [-0.2, 0) is 0 Å². The van der Waals surface area contributed by atoms with E-state index in [1.165, 1.54) is 0 Å². The van der Waals surface area contributed by atoms with E-state index in [0.29, 0.717) is 5.15 Å². The van der Waals surface area contributed by atoms with Gasteiger partial charge in [0.25, 0.3) is 0 Å². The number of hydrogen-bond donors (Lipinski definition) is 2. The predicted molar refractivity (Wildman–Crippen MR) is 68.5 cm³/mol. The highest BCUT2D eigenvalue weighted by molar-refractivity contribution is 6.29. The third kappa shape index (κ3) is 1.57. The first-order chi connectivity index (χ1) is 8.14. The van der Waals surface area contributed by atoms with E-state index in [2.05, 4.69) is 27.3 Å². The Morgan fingerprint density at radius 1 is 1.65 bits per heavy atom. The monoisotopic (exact) mass is 253 g/mol. The van der Waals surface area contributed by atoms with Crippen molar-refractivity contribution in [3.05, 3.63) is 11.2 Å². The standard InChI is InChI=1S/C11H16ClN5/c1-2-11-4-7(13)5-17(11)8-3-9(12)15-16-10(8)14-6-11/h3,7H,2,4-6,13H2,1H3,(H,14,16)/t7-,11-/m1/s1. The zero-order chi connectivity index (χ0) is 12.0. The zero-order valence-electron chi connectivity index (χ0n) is 9.78. The summed E-state index contributed by atoms with van der Waals surface area (Å²) >= 11 is 5.93. The number of hydrogen-bond acceptors (Lipinski definition) is 5. The van der Waals surface area contributed by atoms with Gasteiger partial charge in [-0.3, -0.25) is 0 Å². The van der Waals surface area contributed by atoms with Gasteiger partial charge in [0, 0.05) is 25.2 Å². The Morgan fingerprint density at radius 3 is 3.24 bits per heavy atom. The second kappa shape index (κ2) is 3.71. The largest absolute Gasteiger partial charge is 0.364 e. The highest BCUT2D eigenvalue weighted by Crippen LogP contribution is 2.42. The Bertz CT molecular complexity index is 451.